The van der Waals surface area contributed by atoms with Crippen molar-refractivity contribution in [3.05, 3.63) is 109 Å². The highest BCUT2D eigenvalue weighted by atomic mass is 31.1. The van der Waals surface area contributed by atoms with Crippen molar-refractivity contribution in [3.63, 3.8) is 0 Å². The van der Waals surface area contributed by atoms with Gasteiger partial charge in [0.05, 0.1) is 7.11 Å². The summed E-state index contributed by atoms with van der Waals surface area (Å²) in [5, 5.41) is 15.5. The molecule has 156 valence electrons. The van der Waals surface area contributed by atoms with Crippen LogP contribution in [0, 0.1) is 0 Å². The molecule has 5 aromatic rings. The van der Waals surface area contributed by atoms with Gasteiger partial charge in [-0.2, -0.15) is 0 Å². The number of fused-ring (bicyclic) bond motifs is 1. The average molecular weight is 434 g/mol. The van der Waals surface area contributed by atoms with Crippen LogP contribution in [0.3, 0.4) is 0 Å². The van der Waals surface area contributed by atoms with Crippen LogP contribution in [0.2, 0.25) is 0 Å². The van der Waals surface area contributed by atoms with Crippen molar-refractivity contribution >= 4 is 30.0 Å². The van der Waals surface area contributed by atoms with Crippen LogP contribution in [0.15, 0.2) is 109 Å². The minimum absolute atomic E-state index is 0.305. The summed E-state index contributed by atoms with van der Waals surface area (Å²) in [5.41, 5.74) is 4.21. The molecule has 0 aromatic heterocycles. The van der Waals surface area contributed by atoms with Crippen molar-refractivity contribution in [2.75, 3.05) is 7.11 Å². The molecule has 0 aliphatic carbocycles. The van der Waals surface area contributed by atoms with Crippen LogP contribution in [0.5, 0.6) is 11.5 Å². The number of hydrogen-bond acceptors (Lipinski definition) is 2. The third-order valence-corrected chi connectivity index (χ3v) is 7.11. The van der Waals surface area contributed by atoms with E-state index < -0.39 is 0 Å². The Morgan fingerprint density at radius 1 is 0.594 bits per heavy atom. The van der Waals surface area contributed by atoms with E-state index in [-0.39, 0.29) is 0 Å². The third kappa shape index (κ3) is 3.75. The van der Waals surface area contributed by atoms with Gasteiger partial charge in [-0.25, -0.2) is 0 Å². The van der Waals surface area contributed by atoms with Crippen LogP contribution in [-0.4, -0.2) is 12.2 Å². The molecular weight excluding hydrogens is 411 g/mol. The van der Waals surface area contributed by atoms with E-state index in [0.717, 1.165) is 33.2 Å². The summed E-state index contributed by atoms with van der Waals surface area (Å²) in [6, 6.07) is 37.0. The van der Waals surface area contributed by atoms with Crippen molar-refractivity contribution in [2.24, 2.45) is 0 Å². The van der Waals surface area contributed by atoms with Gasteiger partial charge >= 0.3 is 0 Å². The number of hydrogen-bond donors (Lipinski definition) is 1. The lowest BCUT2D eigenvalue weighted by molar-refractivity contribution is 0.416. The van der Waals surface area contributed by atoms with E-state index in [1.54, 1.807) is 13.2 Å². The summed E-state index contributed by atoms with van der Waals surface area (Å²) < 4.78 is 5.63. The quantitative estimate of drug-likeness (QED) is 0.319. The zero-order valence-electron chi connectivity index (χ0n) is 17.7. The summed E-state index contributed by atoms with van der Waals surface area (Å²) in [5.74, 6) is 1.17. The third-order valence-electron chi connectivity index (χ3n) is 5.70. The topological polar surface area (TPSA) is 29.5 Å². The van der Waals surface area contributed by atoms with Gasteiger partial charge in [0.15, 0.2) is 0 Å². The summed E-state index contributed by atoms with van der Waals surface area (Å²) in [6.45, 7) is 0. The fourth-order valence-electron chi connectivity index (χ4n) is 4.19. The largest absolute Gasteiger partial charge is 0.507 e. The van der Waals surface area contributed by atoms with Gasteiger partial charge in [-0.3, -0.25) is 0 Å². The van der Waals surface area contributed by atoms with Crippen molar-refractivity contribution in [1.29, 1.82) is 0 Å². The van der Waals surface area contributed by atoms with Gasteiger partial charge < -0.3 is 9.84 Å². The number of benzene rings is 5. The van der Waals surface area contributed by atoms with Gasteiger partial charge in [-0.1, -0.05) is 106 Å². The van der Waals surface area contributed by atoms with Gasteiger partial charge in [-0.15, -0.1) is 0 Å². The van der Waals surface area contributed by atoms with Crippen LogP contribution < -0.4 is 15.3 Å². The molecule has 0 saturated carbocycles. The molecule has 0 spiro atoms. The average Bonchev–Trinajstić information content (AvgIpc) is 2.85. The Bertz CT molecular complexity index is 1410. The van der Waals surface area contributed by atoms with E-state index in [0.29, 0.717) is 14.3 Å². The lowest BCUT2D eigenvalue weighted by atomic mass is 9.97. The van der Waals surface area contributed by atoms with Crippen LogP contribution in [0.4, 0.5) is 0 Å². The van der Waals surface area contributed by atoms with Gasteiger partial charge in [0.25, 0.3) is 0 Å². The molecule has 1 unspecified atom stereocenters. The maximum Gasteiger partial charge on any atom is 0.126 e. The predicted octanol–water partition coefficient (Wildman–Crippen LogP) is 6.52. The van der Waals surface area contributed by atoms with E-state index in [1.165, 1.54) is 16.2 Å². The number of methoxy groups -OCH3 is 1. The van der Waals surface area contributed by atoms with Gasteiger partial charge in [0.1, 0.15) is 11.5 Å². The first-order valence-electron chi connectivity index (χ1n) is 10.6. The molecule has 5 rings (SSSR count). The van der Waals surface area contributed by atoms with E-state index in [9.17, 15) is 5.11 Å². The van der Waals surface area contributed by atoms with Crippen molar-refractivity contribution < 1.29 is 9.84 Å². The highest BCUT2D eigenvalue weighted by molar-refractivity contribution is 7.56. The number of phenolic OH excluding ortho intramolecular Hbond substituents is 1. The Labute approximate surface area is 189 Å². The molecule has 5 aromatic carbocycles. The normalized spacial score (nSPS) is 11.3. The fraction of sp³-hybridized carbons (Fsp3) is 0.0345. The Hall–Kier alpha value is -3.61. The van der Waals surface area contributed by atoms with Crippen molar-refractivity contribution in [1.82, 2.24) is 0 Å². The van der Waals surface area contributed by atoms with E-state index in [2.05, 4.69) is 60.7 Å². The Morgan fingerprint density at radius 3 is 1.97 bits per heavy atom. The molecule has 1 atom stereocenters. The highest BCUT2D eigenvalue weighted by Gasteiger charge is 2.15. The smallest absolute Gasteiger partial charge is 0.126 e. The molecule has 1 N–H and O–H groups in total. The minimum Gasteiger partial charge on any atom is -0.507 e. The first kappa shape index (κ1) is 20.3. The second kappa shape index (κ2) is 8.86. The van der Waals surface area contributed by atoms with Crippen LogP contribution >= 0.6 is 8.58 Å². The second-order valence-electron chi connectivity index (χ2n) is 7.60. The molecule has 0 aliphatic rings. The molecule has 0 bridgehead atoms. The molecule has 0 radical (unpaired) electrons. The van der Waals surface area contributed by atoms with Crippen LogP contribution in [0.1, 0.15) is 0 Å². The highest BCUT2D eigenvalue weighted by Crippen LogP contribution is 2.38. The van der Waals surface area contributed by atoms with Crippen molar-refractivity contribution in [2.45, 2.75) is 0 Å². The minimum atomic E-state index is 0.305. The lowest BCUT2D eigenvalue weighted by Gasteiger charge is -2.17. The number of ether oxygens (including phenoxy) is 1. The Balaban J connectivity index is 1.65. The molecule has 0 fully saturated rings. The number of para-hydroxylation sites is 1. The molecule has 32 heavy (non-hydrogen) atoms. The second-order valence-corrected chi connectivity index (χ2v) is 8.92. The van der Waals surface area contributed by atoms with Gasteiger partial charge in [0, 0.05) is 11.1 Å². The number of aromatic hydroxyl groups is 1. The SMILES string of the molecule is COc1ccccc1-c1ccccc1Pc1ccccc1-c1c(O)ccc2ccccc12. The van der Waals surface area contributed by atoms with E-state index in [1.807, 2.05) is 42.5 Å². The first-order valence-corrected chi connectivity index (χ1v) is 11.6. The van der Waals surface area contributed by atoms with E-state index >= 15 is 0 Å². The molecule has 0 aliphatic heterocycles. The Kier molecular flexibility index (Phi) is 5.62. The molecule has 0 amide bonds. The summed E-state index contributed by atoms with van der Waals surface area (Å²) in [4.78, 5) is 0. The van der Waals surface area contributed by atoms with Crippen LogP contribution in [0.25, 0.3) is 33.0 Å². The standard InChI is InChI=1S/C29H23O2P/c1-31-26-15-7-4-12-22(26)23-13-5-8-16-27(23)32-28-17-9-6-14-24(28)29-21-11-3-2-10-20(21)18-19-25(29)30/h2-19,30,32H,1H3. The zero-order valence-corrected chi connectivity index (χ0v) is 18.7. The lowest BCUT2D eigenvalue weighted by Crippen LogP contribution is -2.09. The van der Waals surface area contributed by atoms with Crippen molar-refractivity contribution in [3.8, 4) is 33.8 Å². The van der Waals surface area contributed by atoms with Crippen LogP contribution in [-0.2, 0) is 0 Å². The summed E-state index contributed by atoms with van der Waals surface area (Å²) >= 11 is 0. The Morgan fingerprint density at radius 2 is 1.19 bits per heavy atom. The summed E-state index contributed by atoms with van der Waals surface area (Å²) in [6.07, 6.45) is 0. The van der Waals surface area contributed by atoms with E-state index in [4.69, 9.17) is 4.74 Å². The fourth-order valence-corrected chi connectivity index (χ4v) is 5.54. The first-order chi connectivity index (χ1) is 15.8. The number of phenols is 1. The monoisotopic (exact) mass is 434 g/mol. The molecule has 0 saturated heterocycles. The molecule has 2 nitrogen and oxygen atoms in total. The maximum atomic E-state index is 10.8. The molecule has 0 heterocycles. The number of rotatable bonds is 5. The zero-order chi connectivity index (χ0) is 21.9. The predicted molar refractivity (Wildman–Crippen MR) is 137 cm³/mol. The van der Waals surface area contributed by atoms with Gasteiger partial charge in [-0.05, 0) is 44.6 Å². The van der Waals surface area contributed by atoms with Gasteiger partial charge in [0.2, 0.25) is 0 Å². The molecular formula is C29H23O2P. The summed E-state index contributed by atoms with van der Waals surface area (Å²) in [7, 11) is 2.13. The molecule has 3 heteroatoms. The maximum absolute atomic E-state index is 10.8.